The van der Waals surface area contributed by atoms with Gasteiger partial charge in [0.2, 0.25) is 0 Å². The van der Waals surface area contributed by atoms with E-state index < -0.39 is 0 Å². The molecule has 0 amide bonds. The first-order valence-corrected chi connectivity index (χ1v) is 4.97. The van der Waals surface area contributed by atoms with Crippen LogP contribution in [0.1, 0.15) is 37.3 Å². The smallest absolute Gasteiger partial charge is 0.123 e. The van der Waals surface area contributed by atoms with Gasteiger partial charge in [-0.3, -0.25) is 0 Å². The van der Waals surface area contributed by atoms with Crippen molar-refractivity contribution in [3.8, 4) is 0 Å². The van der Waals surface area contributed by atoms with Gasteiger partial charge < -0.3 is 0 Å². The predicted octanol–water partition coefficient (Wildman–Crippen LogP) is 3.51. The lowest BCUT2D eigenvalue weighted by Gasteiger charge is -2.15. The fraction of sp³-hybridized carbons (Fsp3) is 0.500. The number of fused-ring (bicyclic) bond motifs is 1. The van der Waals surface area contributed by atoms with Crippen LogP contribution in [0.15, 0.2) is 18.2 Å². The highest BCUT2D eigenvalue weighted by atomic mass is 19.1. The van der Waals surface area contributed by atoms with Gasteiger partial charge in [-0.05, 0) is 47.9 Å². The molecule has 1 heteroatoms. The Balaban J connectivity index is 2.40. The molecule has 1 aliphatic rings. The minimum Gasteiger partial charge on any atom is -0.207 e. The van der Waals surface area contributed by atoms with Crippen LogP contribution in [0.5, 0.6) is 0 Å². The van der Waals surface area contributed by atoms with Gasteiger partial charge in [0, 0.05) is 0 Å². The van der Waals surface area contributed by atoms with E-state index in [9.17, 15) is 4.39 Å². The normalized spacial score (nSPS) is 20.8. The predicted molar refractivity (Wildman–Crippen MR) is 52.3 cm³/mol. The Bertz CT molecular complexity index is 315. The van der Waals surface area contributed by atoms with Crippen molar-refractivity contribution >= 4 is 0 Å². The van der Waals surface area contributed by atoms with E-state index >= 15 is 0 Å². The van der Waals surface area contributed by atoms with Crippen LogP contribution in [0.4, 0.5) is 4.39 Å². The molecule has 2 rings (SSSR count). The second kappa shape index (κ2) is 3.13. The molecule has 1 aliphatic carbocycles. The van der Waals surface area contributed by atoms with E-state index in [4.69, 9.17) is 0 Å². The number of benzene rings is 1. The summed E-state index contributed by atoms with van der Waals surface area (Å²) in [7, 11) is 0. The van der Waals surface area contributed by atoms with Crippen LogP contribution in [-0.4, -0.2) is 0 Å². The zero-order valence-electron chi connectivity index (χ0n) is 8.18. The van der Waals surface area contributed by atoms with E-state index in [-0.39, 0.29) is 5.82 Å². The molecule has 0 saturated heterocycles. The van der Waals surface area contributed by atoms with Gasteiger partial charge in [-0.2, -0.15) is 0 Å². The summed E-state index contributed by atoms with van der Waals surface area (Å²) in [5, 5.41) is 0. The van der Waals surface area contributed by atoms with Crippen molar-refractivity contribution in [2.75, 3.05) is 0 Å². The van der Waals surface area contributed by atoms with E-state index in [2.05, 4.69) is 13.8 Å². The molecule has 0 aliphatic heterocycles. The monoisotopic (exact) mass is 178 g/mol. The highest BCUT2D eigenvalue weighted by molar-refractivity contribution is 5.35. The molecule has 13 heavy (non-hydrogen) atoms. The first kappa shape index (κ1) is 8.74. The van der Waals surface area contributed by atoms with Crippen LogP contribution in [-0.2, 0) is 6.42 Å². The quantitative estimate of drug-likeness (QED) is 0.617. The molecule has 0 heterocycles. The number of aryl methyl sites for hydroxylation is 1. The Hall–Kier alpha value is -0.850. The fourth-order valence-electron chi connectivity index (χ4n) is 2.30. The minimum absolute atomic E-state index is 0.0914. The summed E-state index contributed by atoms with van der Waals surface area (Å²) in [6.07, 6.45) is 2.31. The summed E-state index contributed by atoms with van der Waals surface area (Å²) in [4.78, 5) is 0. The molecule has 0 spiro atoms. The maximum Gasteiger partial charge on any atom is 0.123 e. The summed E-state index contributed by atoms with van der Waals surface area (Å²) in [6.45, 7) is 4.43. The Morgan fingerprint density at radius 1 is 1.38 bits per heavy atom. The number of hydrogen-bond donors (Lipinski definition) is 0. The first-order valence-electron chi connectivity index (χ1n) is 4.97. The van der Waals surface area contributed by atoms with E-state index in [0.717, 1.165) is 6.42 Å². The van der Waals surface area contributed by atoms with Crippen LogP contribution in [0.25, 0.3) is 0 Å². The minimum atomic E-state index is -0.0914. The SMILES string of the molecule is CC(C)C1CCc2ccc(F)cc21. The Kier molecular flexibility index (Phi) is 2.10. The topological polar surface area (TPSA) is 0 Å². The second-order valence-corrected chi connectivity index (χ2v) is 4.23. The van der Waals surface area contributed by atoms with Gasteiger partial charge in [0.25, 0.3) is 0 Å². The maximum atomic E-state index is 13.0. The fourth-order valence-corrected chi connectivity index (χ4v) is 2.30. The molecule has 1 aromatic rings. The lowest BCUT2D eigenvalue weighted by Crippen LogP contribution is -2.02. The van der Waals surface area contributed by atoms with Crippen molar-refractivity contribution in [2.24, 2.45) is 5.92 Å². The Labute approximate surface area is 78.8 Å². The summed E-state index contributed by atoms with van der Waals surface area (Å²) in [5.41, 5.74) is 2.59. The molecule has 0 saturated carbocycles. The lowest BCUT2D eigenvalue weighted by atomic mass is 9.90. The van der Waals surface area contributed by atoms with E-state index in [1.165, 1.54) is 17.5 Å². The third-order valence-electron chi connectivity index (χ3n) is 3.04. The van der Waals surface area contributed by atoms with Gasteiger partial charge in [-0.25, -0.2) is 4.39 Å². The Morgan fingerprint density at radius 2 is 2.15 bits per heavy atom. The average molecular weight is 178 g/mol. The van der Waals surface area contributed by atoms with Gasteiger partial charge in [-0.15, -0.1) is 0 Å². The van der Waals surface area contributed by atoms with Crippen molar-refractivity contribution in [3.63, 3.8) is 0 Å². The molecule has 0 fully saturated rings. The highest BCUT2D eigenvalue weighted by Crippen LogP contribution is 2.38. The van der Waals surface area contributed by atoms with Crippen LogP contribution in [0, 0.1) is 11.7 Å². The lowest BCUT2D eigenvalue weighted by molar-refractivity contribution is 0.493. The zero-order chi connectivity index (χ0) is 9.42. The molecule has 0 bridgehead atoms. The summed E-state index contributed by atoms with van der Waals surface area (Å²) < 4.78 is 13.0. The first-order chi connectivity index (χ1) is 6.18. The second-order valence-electron chi connectivity index (χ2n) is 4.23. The molecular weight excluding hydrogens is 163 g/mol. The number of rotatable bonds is 1. The van der Waals surface area contributed by atoms with Gasteiger partial charge in [0.05, 0.1) is 0 Å². The number of hydrogen-bond acceptors (Lipinski definition) is 0. The standard InChI is InChI=1S/C12H15F/c1-8(2)11-6-4-9-3-5-10(13)7-12(9)11/h3,5,7-8,11H,4,6H2,1-2H3. The van der Waals surface area contributed by atoms with Crippen LogP contribution < -0.4 is 0 Å². The average Bonchev–Trinajstić information content (AvgIpc) is 2.46. The molecule has 1 atom stereocenters. The van der Waals surface area contributed by atoms with E-state index in [0.29, 0.717) is 11.8 Å². The van der Waals surface area contributed by atoms with Crippen molar-refractivity contribution in [2.45, 2.75) is 32.6 Å². The molecule has 0 nitrogen and oxygen atoms in total. The van der Waals surface area contributed by atoms with Crippen molar-refractivity contribution < 1.29 is 4.39 Å². The highest BCUT2D eigenvalue weighted by Gasteiger charge is 2.24. The molecule has 0 radical (unpaired) electrons. The van der Waals surface area contributed by atoms with Crippen molar-refractivity contribution in [3.05, 3.63) is 35.1 Å². The van der Waals surface area contributed by atoms with E-state index in [1.807, 2.05) is 6.07 Å². The van der Waals surface area contributed by atoms with Crippen LogP contribution >= 0.6 is 0 Å². The zero-order valence-corrected chi connectivity index (χ0v) is 8.18. The van der Waals surface area contributed by atoms with E-state index in [1.54, 1.807) is 12.1 Å². The van der Waals surface area contributed by atoms with Crippen LogP contribution in [0.3, 0.4) is 0 Å². The van der Waals surface area contributed by atoms with Crippen molar-refractivity contribution in [1.29, 1.82) is 0 Å². The summed E-state index contributed by atoms with van der Waals surface area (Å²) in [5.74, 6) is 1.11. The molecule has 1 aromatic carbocycles. The summed E-state index contributed by atoms with van der Waals surface area (Å²) in [6, 6.07) is 5.22. The molecule has 0 aromatic heterocycles. The van der Waals surface area contributed by atoms with Gasteiger partial charge >= 0.3 is 0 Å². The summed E-state index contributed by atoms with van der Waals surface area (Å²) >= 11 is 0. The van der Waals surface area contributed by atoms with Gasteiger partial charge in [0.15, 0.2) is 0 Å². The molecule has 0 N–H and O–H groups in total. The third-order valence-corrected chi connectivity index (χ3v) is 3.04. The third kappa shape index (κ3) is 1.48. The van der Waals surface area contributed by atoms with Crippen LogP contribution in [0.2, 0.25) is 0 Å². The largest absolute Gasteiger partial charge is 0.207 e. The van der Waals surface area contributed by atoms with Crippen molar-refractivity contribution in [1.82, 2.24) is 0 Å². The van der Waals surface area contributed by atoms with Gasteiger partial charge in [0.1, 0.15) is 5.82 Å². The Morgan fingerprint density at radius 3 is 2.85 bits per heavy atom. The molecule has 70 valence electrons. The maximum absolute atomic E-state index is 13.0. The number of halogens is 1. The van der Waals surface area contributed by atoms with Gasteiger partial charge in [-0.1, -0.05) is 19.9 Å². The molecule has 1 unspecified atom stereocenters. The molecular formula is C12H15F.